The van der Waals surface area contributed by atoms with Crippen LogP contribution in [0.4, 0.5) is 0 Å². The molecule has 1 aliphatic heterocycles. The lowest BCUT2D eigenvalue weighted by atomic mass is 10.0. The van der Waals surface area contributed by atoms with Gasteiger partial charge in [-0.3, -0.25) is 14.3 Å². The van der Waals surface area contributed by atoms with Crippen molar-refractivity contribution in [1.29, 1.82) is 0 Å². The first kappa shape index (κ1) is 19.5. The van der Waals surface area contributed by atoms with Gasteiger partial charge in [-0.1, -0.05) is 29.3 Å². The molecule has 0 aliphatic carbocycles. The highest BCUT2D eigenvalue weighted by Gasteiger charge is 2.30. The van der Waals surface area contributed by atoms with E-state index in [0.29, 0.717) is 24.0 Å². The molecule has 1 aromatic carbocycles. The molecule has 0 amide bonds. The average Bonchev–Trinajstić information content (AvgIpc) is 2.59. The van der Waals surface area contributed by atoms with E-state index in [4.69, 9.17) is 4.98 Å². The van der Waals surface area contributed by atoms with Gasteiger partial charge in [0.2, 0.25) is 0 Å². The number of nitrogens with zero attached hydrogens (tertiary/aromatic N) is 3. The van der Waals surface area contributed by atoms with E-state index in [1.165, 1.54) is 0 Å². The van der Waals surface area contributed by atoms with Gasteiger partial charge in [-0.2, -0.15) is 0 Å². The third kappa shape index (κ3) is 3.87. The van der Waals surface area contributed by atoms with Gasteiger partial charge in [0.15, 0.2) is 0 Å². The lowest BCUT2D eigenvalue weighted by molar-refractivity contribution is 0.109. The normalized spacial score (nSPS) is 22.7. The number of aromatic nitrogens is 2. The first-order valence-corrected chi connectivity index (χ1v) is 10.4. The van der Waals surface area contributed by atoms with Gasteiger partial charge in [0.25, 0.3) is 5.56 Å². The van der Waals surface area contributed by atoms with Gasteiger partial charge < -0.3 is 5.32 Å². The molecule has 2 heterocycles. The number of fused-ring (bicyclic) bond motifs is 1. The highest BCUT2D eigenvalue weighted by atomic mass is 79.9. The monoisotopic (exact) mass is 420 g/mol. The smallest absolute Gasteiger partial charge is 0.261 e. The molecule has 3 rings (SSSR count). The van der Waals surface area contributed by atoms with Crippen LogP contribution >= 0.6 is 15.9 Å². The van der Waals surface area contributed by atoms with Crippen LogP contribution in [0.15, 0.2) is 27.5 Å². The van der Waals surface area contributed by atoms with Crippen molar-refractivity contribution >= 4 is 26.8 Å². The Morgan fingerprint density at radius 1 is 1.27 bits per heavy atom. The Hall–Kier alpha value is -1.24. The summed E-state index contributed by atoms with van der Waals surface area (Å²) in [6.45, 7) is 11.3. The van der Waals surface area contributed by atoms with Crippen LogP contribution in [-0.4, -0.2) is 39.6 Å². The Bertz CT molecular complexity index is 824. The van der Waals surface area contributed by atoms with Crippen LogP contribution < -0.4 is 10.9 Å². The van der Waals surface area contributed by atoms with Crippen molar-refractivity contribution < 1.29 is 0 Å². The molecule has 5 nitrogen and oxygen atoms in total. The zero-order chi connectivity index (χ0) is 18.8. The highest BCUT2D eigenvalue weighted by molar-refractivity contribution is 9.10. The first-order valence-electron chi connectivity index (χ1n) is 9.64. The molecule has 0 radical (unpaired) electrons. The van der Waals surface area contributed by atoms with Crippen LogP contribution in [-0.2, 0) is 6.54 Å². The van der Waals surface area contributed by atoms with Gasteiger partial charge in [-0.15, -0.1) is 0 Å². The molecule has 1 saturated heterocycles. The van der Waals surface area contributed by atoms with Gasteiger partial charge >= 0.3 is 0 Å². The predicted octanol–water partition coefficient (Wildman–Crippen LogP) is 3.70. The van der Waals surface area contributed by atoms with Crippen LogP contribution in [0.2, 0.25) is 0 Å². The Kier molecular flexibility index (Phi) is 6.15. The zero-order valence-corrected chi connectivity index (χ0v) is 17.7. The minimum atomic E-state index is 0.0612. The van der Waals surface area contributed by atoms with Gasteiger partial charge in [-0.25, -0.2) is 4.98 Å². The summed E-state index contributed by atoms with van der Waals surface area (Å²) in [7, 11) is 0. The van der Waals surface area contributed by atoms with E-state index in [9.17, 15) is 4.79 Å². The molecule has 2 aromatic rings. The molecule has 26 heavy (non-hydrogen) atoms. The molecule has 0 bridgehead atoms. The molecule has 142 valence electrons. The lowest BCUT2D eigenvalue weighted by Gasteiger charge is -2.41. The number of hydrogen-bond donors (Lipinski definition) is 1. The van der Waals surface area contributed by atoms with Gasteiger partial charge in [0.1, 0.15) is 5.82 Å². The summed E-state index contributed by atoms with van der Waals surface area (Å²) in [6.07, 6.45) is 2.07. The summed E-state index contributed by atoms with van der Waals surface area (Å²) in [4.78, 5) is 20.6. The molecule has 0 saturated carbocycles. The van der Waals surface area contributed by atoms with Crippen molar-refractivity contribution in [2.24, 2.45) is 0 Å². The van der Waals surface area contributed by atoms with Crippen molar-refractivity contribution in [3.8, 4) is 0 Å². The van der Waals surface area contributed by atoms with Crippen molar-refractivity contribution in [3.63, 3.8) is 0 Å². The molecule has 6 heteroatoms. The highest BCUT2D eigenvalue weighted by Crippen LogP contribution is 2.27. The number of hydrogen-bond acceptors (Lipinski definition) is 4. The standard InChI is InChI=1S/C20H29BrN4O/c1-5-7-18(24-11-13(3)22-14(4)12-24)19-23-17-9-8-15(21)10-16(17)20(26)25(19)6-2/h8-10,13-14,18,22H,5-7,11-12H2,1-4H3/t13-,14+,18-/m1/s1. The lowest BCUT2D eigenvalue weighted by Crippen LogP contribution is -2.55. The third-order valence-corrected chi connectivity index (χ3v) is 5.64. The minimum Gasteiger partial charge on any atom is -0.309 e. The fourth-order valence-corrected chi connectivity index (χ4v) is 4.50. The Labute approximate surface area is 163 Å². The predicted molar refractivity (Wildman–Crippen MR) is 111 cm³/mol. The van der Waals surface area contributed by atoms with Gasteiger partial charge in [0, 0.05) is 36.2 Å². The summed E-state index contributed by atoms with van der Waals surface area (Å²) >= 11 is 3.47. The summed E-state index contributed by atoms with van der Waals surface area (Å²) in [5, 5.41) is 4.28. The van der Waals surface area contributed by atoms with E-state index in [0.717, 1.165) is 41.7 Å². The Balaban J connectivity index is 2.13. The SMILES string of the molecule is CCC[C@H](c1nc2ccc(Br)cc2c(=O)n1CC)N1C[C@@H](C)N[C@@H](C)C1. The van der Waals surface area contributed by atoms with Crippen molar-refractivity contribution in [2.45, 2.75) is 65.2 Å². The van der Waals surface area contributed by atoms with E-state index in [1.54, 1.807) is 0 Å². The largest absolute Gasteiger partial charge is 0.309 e. The van der Waals surface area contributed by atoms with E-state index >= 15 is 0 Å². The third-order valence-electron chi connectivity index (χ3n) is 5.15. The first-order chi connectivity index (χ1) is 12.4. The van der Waals surface area contributed by atoms with E-state index in [2.05, 4.69) is 46.9 Å². The van der Waals surface area contributed by atoms with Gasteiger partial charge in [0.05, 0.1) is 16.9 Å². The van der Waals surface area contributed by atoms with Crippen LogP contribution in [0, 0.1) is 0 Å². The van der Waals surface area contributed by atoms with Crippen LogP contribution in [0.1, 0.15) is 52.4 Å². The maximum Gasteiger partial charge on any atom is 0.261 e. The molecule has 1 N–H and O–H groups in total. The molecule has 0 spiro atoms. The average molecular weight is 421 g/mol. The van der Waals surface area contributed by atoms with Crippen molar-refractivity contribution in [2.75, 3.05) is 13.1 Å². The van der Waals surface area contributed by atoms with Crippen molar-refractivity contribution in [3.05, 3.63) is 38.9 Å². The fourth-order valence-electron chi connectivity index (χ4n) is 4.14. The molecular weight excluding hydrogens is 392 g/mol. The molecule has 1 aromatic heterocycles. The number of nitrogens with one attached hydrogen (secondary N) is 1. The number of halogens is 1. The van der Waals surface area contributed by atoms with E-state index in [1.807, 2.05) is 29.7 Å². The second-order valence-electron chi connectivity index (χ2n) is 7.41. The van der Waals surface area contributed by atoms with Crippen LogP contribution in [0.25, 0.3) is 10.9 Å². The Morgan fingerprint density at radius 3 is 2.58 bits per heavy atom. The number of benzene rings is 1. The van der Waals surface area contributed by atoms with Gasteiger partial charge in [-0.05, 0) is 45.4 Å². The fraction of sp³-hybridized carbons (Fsp3) is 0.600. The van der Waals surface area contributed by atoms with Crippen molar-refractivity contribution in [1.82, 2.24) is 19.8 Å². The van der Waals surface area contributed by atoms with Crippen LogP contribution in [0.3, 0.4) is 0 Å². The summed E-state index contributed by atoms with van der Waals surface area (Å²) in [6, 6.07) is 6.83. The molecular formula is C20H29BrN4O. The quantitative estimate of drug-likeness (QED) is 0.800. The summed E-state index contributed by atoms with van der Waals surface area (Å²) in [5.41, 5.74) is 0.848. The zero-order valence-electron chi connectivity index (χ0n) is 16.1. The second kappa shape index (κ2) is 8.19. The second-order valence-corrected chi connectivity index (χ2v) is 8.32. The molecule has 0 unspecified atom stereocenters. The summed E-state index contributed by atoms with van der Waals surface area (Å²) in [5.74, 6) is 0.912. The van der Waals surface area contributed by atoms with E-state index in [-0.39, 0.29) is 11.6 Å². The summed E-state index contributed by atoms with van der Waals surface area (Å²) < 4.78 is 2.78. The van der Waals surface area contributed by atoms with Crippen LogP contribution in [0.5, 0.6) is 0 Å². The number of rotatable bonds is 5. The molecule has 1 fully saturated rings. The van der Waals surface area contributed by atoms with E-state index < -0.39 is 0 Å². The minimum absolute atomic E-state index is 0.0612. The molecule has 3 atom stereocenters. The Morgan fingerprint density at radius 2 is 1.96 bits per heavy atom. The molecule has 1 aliphatic rings. The topological polar surface area (TPSA) is 50.2 Å². The number of piperazine rings is 1. The maximum absolute atomic E-state index is 13.1. The maximum atomic E-state index is 13.1.